The number of hydrogen-bond donors (Lipinski definition) is 2. The molecule has 162 valence electrons. The van der Waals surface area contributed by atoms with E-state index in [0.29, 0.717) is 0 Å². The highest BCUT2D eigenvalue weighted by Gasteiger charge is 2.18. The molecule has 2 N–H and O–H groups in total. The van der Waals surface area contributed by atoms with Gasteiger partial charge in [0.05, 0.1) is 4.90 Å². The second-order valence-corrected chi connectivity index (χ2v) is 9.20. The first-order valence-corrected chi connectivity index (χ1v) is 11.8. The van der Waals surface area contributed by atoms with Crippen LogP contribution in [0.1, 0.15) is 18.9 Å². The highest BCUT2D eigenvalue weighted by atomic mass is 32.2. The van der Waals surface area contributed by atoms with Crippen LogP contribution >= 0.6 is 0 Å². The Morgan fingerprint density at radius 1 is 1.03 bits per heavy atom. The van der Waals surface area contributed by atoms with Gasteiger partial charge in [0, 0.05) is 50.5 Å². The van der Waals surface area contributed by atoms with Gasteiger partial charge < -0.3 is 15.1 Å². The minimum Gasteiger partial charge on any atom is -0.369 e. The lowest BCUT2D eigenvalue weighted by Gasteiger charge is -2.36. The first kappa shape index (κ1) is 22.3. The number of hydrogen-bond acceptors (Lipinski definition) is 5. The number of rotatable bonds is 8. The van der Waals surface area contributed by atoms with E-state index in [2.05, 4.69) is 26.8 Å². The Kier molecular flexibility index (Phi) is 7.47. The van der Waals surface area contributed by atoms with Crippen molar-refractivity contribution in [3.05, 3.63) is 54.1 Å². The number of carbonyl (C=O) groups excluding carboxylic acids is 1. The number of nitrogens with zero attached hydrogens (tertiary/aromatic N) is 2. The van der Waals surface area contributed by atoms with Crippen molar-refractivity contribution in [1.82, 2.24) is 9.62 Å². The van der Waals surface area contributed by atoms with E-state index in [1.54, 1.807) is 18.2 Å². The molecule has 2 aromatic rings. The zero-order valence-corrected chi connectivity index (χ0v) is 18.4. The van der Waals surface area contributed by atoms with Gasteiger partial charge >= 0.3 is 0 Å². The third-order valence-corrected chi connectivity index (χ3v) is 6.82. The van der Waals surface area contributed by atoms with Gasteiger partial charge in [0.2, 0.25) is 15.9 Å². The molecule has 7 nitrogen and oxygen atoms in total. The Labute approximate surface area is 179 Å². The maximum atomic E-state index is 12.2. The summed E-state index contributed by atoms with van der Waals surface area (Å²) in [4.78, 5) is 17.2. The van der Waals surface area contributed by atoms with Crippen LogP contribution in [-0.4, -0.2) is 58.5 Å². The fraction of sp³-hybridized carbons (Fsp3) is 0.409. The lowest BCUT2D eigenvalue weighted by atomic mass is 10.1. The SMILES string of the molecule is CCN1CCN(c2ccc(NC(=O)CCNS(=O)(=O)c3ccccc3)cc2C)CC1. The highest BCUT2D eigenvalue weighted by Crippen LogP contribution is 2.25. The first-order valence-electron chi connectivity index (χ1n) is 10.3. The molecule has 0 spiro atoms. The van der Waals surface area contributed by atoms with Crippen molar-refractivity contribution in [1.29, 1.82) is 0 Å². The van der Waals surface area contributed by atoms with Crippen LogP contribution < -0.4 is 14.9 Å². The zero-order valence-electron chi connectivity index (χ0n) is 17.6. The summed E-state index contributed by atoms with van der Waals surface area (Å²) < 4.78 is 26.9. The van der Waals surface area contributed by atoms with E-state index >= 15 is 0 Å². The monoisotopic (exact) mass is 430 g/mol. The summed E-state index contributed by atoms with van der Waals surface area (Å²) in [6, 6.07) is 14.0. The van der Waals surface area contributed by atoms with Gasteiger partial charge in [-0.1, -0.05) is 25.1 Å². The number of nitrogens with one attached hydrogen (secondary N) is 2. The molecule has 3 rings (SSSR count). The molecule has 0 radical (unpaired) electrons. The molecule has 30 heavy (non-hydrogen) atoms. The van der Waals surface area contributed by atoms with Crippen LogP contribution in [0.4, 0.5) is 11.4 Å². The van der Waals surface area contributed by atoms with Gasteiger partial charge in [-0.05, 0) is 49.4 Å². The van der Waals surface area contributed by atoms with Crippen LogP contribution in [0, 0.1) is 6.92 Å². The summed E-state index contributed by atoms with van der Waals surface area (Å²) in [5, 5.41) is 2.85. The summed E-state index contributed by atoms with van der Waals surface area (Å²) in [5.74, 6) is -0.227. The predicted molar refractivity (Wildman–Crippen MR) is 120 cm³/mol. The van der Waals surface area contributed by atoms with Gasteiger partial charge in [-0.15, -0.1) is 0 Å². The van der Waals surface area contributed by atoms with Crippen molar-refractivity contribution in [2.24, 2.45) is 0 Å². The van der Waals surface area contributed by atoms with Crippen molar-refractivity contribution in [2.45, 2.75) is 25.2 Å². The lowest BCUT2D eigenvalue weighted by Crippen LogP contribution is -2.46. The number of piperazine rings is 1. The van der Waals surface area contributed by atoms with Crippen molar-refractivity contribution >= 4 is 27.3 Å². The van der Waals surface area contributed by atoms with Gasteiger partial charge in [0.1, 0.15) is 0 Å². The number of likely N-dealkylation sites (N-methyl/N-ethyl adjacent to an activating group) is 1. The number of carbonyl (C=O) groups is 1. The maximum Gasteiger partial charge on any atom is 0.240 e. The lowest BCUT2D eigenvalue weighted by molar-refractivity contribution is -0.116. The smallest absolute Gasteiger partial charge is 0.240 e. The van der Waals surface area contributed by atoms with E-state index in [1.165, 1.54) is 17.8 Å². The molecule has 1 amide bonds. The van der Waals surface area contributed by atoms with E-state index in [1.807, 2.05) is 25.1 Å². The van der Waals surface area contributed by atoms with Crippen molar-refractivity contribution in [2.75, 3.05) is 49.5 Å². The molecule has 0 unspecified atom stereocenters. The zero-order chi connectivity index (χ0) is 21.6. The molecule has 1 heterocycles. The Morgan fingerprint density at radius 2 is 1.73 bits per heavy atom. The van der Waals surface area contributed by atoms with Crippen LogP contribution in [0.5, 0.6) is 0 Å². The van der Waals surface area contributed by atoms with Crippen LogP contribution in [0.3, 0.4) is 0 Å². The molecule has 0 aliphatic carbocycles. The number of amides is 1. The Morgan fingerprint density at radius 3 is 2.37 bits per heavy atom. The second kappa shape index (κ2) is 10.1. The molecule has 1 saturated heterocycles. The molecular formula is C22H30N4O3S. The average Bonchev–Trinajstić information content (AvgIpc) is 2.74. The molecule has 0 saturated carbocycles. The number of sulfonamides is 1. The minimum atomic E-state index is -3.60. The van der Waals surface area contributed by atoms with E-state index in [9.17, 15) is 13.2 Å². The molecule has 1 fully saturated rings. The highest BCUT2D eigenvalue weighted by molar-refractivity contribution is 7.89. The van der Waals surface area contributed by atoms with Crippen LogP contribution in [-0.2, 0) is 14.8 Å². The fourth-order valence-electron chi connectivity index (χ4n) is 3.60. The quantitative estimate of drug-likeness (QED) is 0.672. The van der Waals surface area contributed by atoms with Crippen LogP contribution in [0.15, 0.2) is 53.4 Å². The fourth-order valence-corrected chi connectivity index (χ4v) is 4.65. The van der Waals surface area contributed by atoms with E-state index < -0.39 is 10.0 Å². The first-order chi connectivity index (χ1) is 14.4. The second-order valence-electron chi connectivity index (χ2n) is 7.43. The number of benzene rings is 2. The minimum absolute atomic E-state index is 0.0435. The van der Waals surface area contributed by atoms with Gasteiger partial charge in [0.15, 0.2) is 0 Å². The van der Waals surface area contributed by atoms with Crippen molar-refractivity contribution in [3.63, 3.8) is 0 Å². The molecule has 2 aromatic carbocycles. The molecule has 1 aliphatic heterocycles. The molecule has 8 heteroatoms. The largest absolute Gasteiger partial charge is 0.369 e. The summed E-state index contributed by atoms with van der Waals surface area (Å²) >= 11 is 0. The average molecular weight is 431 g/mol. The van der Waals surface area contributed by atoms with Crippen LogP contribution in [0.25, 0.3) is 0 Å². The van der Waals surface area contributed by atoms with Crippen LogP contribution in [0.2, 0.25) is 0 Å². The van der Waals surface area contributed by atoms with Gasteiger partial charge in [-0.25, -0.2) is 13.1 Å². The summed E-state index contributed by atoms with van der Waals surface area (Å²) in [6.07, 6.45) is 0.0613. The Bertz CT molecular complexity index is 956. The van der Waals surface area contributed by atoms with E-state index in [-0.39, 0.29) is 23.8 Å². The summed E-state index contributed by atoms with van der Waals surface area (Å²) in [5.41, 5.74) is 3.03. The van der Waals surface area contributed by atoms with Gasteiger partial charge in [-0.2, -0.15) is 0 Å². The van der Waals surface area contributed by atoms with E-state index in [4.69, 9.17) is 0 Å². The van der Waals surface area contributed by atoms with Gasteiger partial charge in [-0.3, -0.25) is 4.79 Å². The molecule has 0 atom stereocenters. The van der Waals surface area contributed by atoms with Crippen molar-refractivity contribution in [3.8, 4) is 0 Å². The standard InChI is InChI=1S/C22H30N4O3S/c1-3-25-13-15-26(16-14-25)21-10-9-19(17-18(21)2)24-22(27)11-12-23-30(28,29)20-7-5-4-6-8-20/h4-10,17,23H,3,11-16H2,1-2H3,(H,24,27). The molecule has 0 aromatic heterocycles. The molecule has 0 bridgehead atoms. The Hall–Kier alpha value is -2.42. The van der Waals surface area contributed by atoms with E-state index in [0.717, 1.165) is 44.0 Å². The van der Waals surface area contributed by atoms with Crippen molar-refractivity contribution < 1.29 is 13.2 Å². The number of aryl methyl sites for hydroxylation is 1. The van der Waals surface area contributed by atoms with Gasteiger partial charge in [0.25, 0.3) is 0 Å². The Balaban J connectivity index is 1.50. The normalized spacial score (nSPS) is 15.2. The topological polar surface area (TPSA) is 81.8 Å². The maximum absolute atomic E-state index is 12.2. The number of anilines is 2. The third-order valence-electron chi connectivity index (χ3n) is 5.34. The summed E-state index contributed by atoms with van der Waals surface area (Å²) in [6.45, 7) is 9.49. The molecular weight excluding hydrogens is 400 g/mol. The predicted octanol–water partition coefficient (Wildman–Crippen LogP) is 2.44. The third kappa shape index (κ3) is 5.81. The summed E-state index contributed by atoms with van der Waals surface area (Å²) in [7, 11) is -3.60. The molecule has 1 aliphatic rings.